The van der Waals surface area contributed by atoms with Crippen LogP contribution in [0.2, 0.25) is 0 Å². The van der Waals surface area contributed by atoms with Gasteiger partial charge in [0.25, 0.3) is 0 Å². The molecule has 0 N–H and O–H groups in total. The second-order valence-electron chi connectivity index (χ2n) is 2.53. The molecule has 0 aromatic rings. The van der Waals surface area contributed by atoms with Gasteiger partial charge in [-0.1, -0.05) is 38.5 Å². The minimum atomic E-state index is 1.50. The normalized spacial score (nSPS) is 18.0. The first kappa shape index (κ1) is 8.96. The first-order valence-corrected chi connectivity index (χ1v) is 3.82. The minimum Gasteiger partial charge on any atom is -0.388 e. The third-order valence-electron chi connectivity index (χ3n) is 1.50. The van der Waals surface area contributed by atoms with E-state index in [-0.39, 0.29) is 0 Å². The summed E-state index contributed by atoms with van der Waals surface area (Å²) >= 11 is 0. The molecule has 0 saturated heterocycles. The van der Waals surface area contributed by atoms with Crippen molar-refractivity contribution < 1.29 is 4.74 Å². The molecule has 0 bridgehead atoms. The van der Waals surface area contributed by atoms with Gasteiger partial charge in [-0.2, -0.15) is 0 Å². The highest BCUT2D eigenvalue weighted by Gasteiger charge is 1.95. The standard InChI is InChI=1S/C6H12.C2H6O/c1-2-4-6-5-3-1;1-3-2/h1-6H2;1-2H3. The summed E-state index contributed by atoms with van der Waals surface area (Å²) in [5.74, 6) is 0. The summed E-state index contributed by atoms with van der Waals surface area (Å²) in [5, 5.41) is 0. The maximum atomic E-state index is 4.25. The molecule has 1 saturated carbocycles. The third-order valence-corrected chi connectivity index (χ3v) is 1.50. The van der Waals surface area contributed by atoms with Crippen LogP contribution in [0.3, 0.4) is 0 Å². The molecule has 0 aromatic carbocycles. The average Bonchev–Trinajstić information content (AvgIpc) is 1.93. The fraction of sp³-hybridized carbons (Fsp3) is 1.00. The largest absolute Gasteiger partial charge is 0.388 e. The summed E-state index contributed by atoms with van der Waals surface area (Å²) in [6.07, 6.45) is 9.00. The molecule has 1 aliphatic carbocycles. The van der Waals surface area contributed by atoms with Crippen LogP contribution < -0.4 is 0 Å². The molecule has 0 aliphatic heterocycles. The minimum absolute atomic E-state index is 1.50. The molecular formula is C8H18O. The molecule has 0 aromatic heterocycles. The van der Waals surface area contributed by atoms with Crippen LogP contribution in [0, 0.1) is 0 Å². The van der Waals surface area contributed by atoms with Crippen LogP contribution in [0.5, 0.6) is 0 Å². The summed E-state index contributed by atoms with van der Waals surface area (Å²) in [5.41, 5.74) is 0. The molecule has 0 unspecified atom stereocenters. The predicted octanol–water partition coefficient (Wildman–Crippen LogP) is 2.60. The SMILES string of the molecule is C1CCCCC1.COC. The molecule has 1 fully saturated rings. The molecule has 1 heteroatoms. The van der Waals surface area contributed by atoms with E-state index in [0.717, 1.165) is 0 Å². The average molecular weight is 130 g/mol. The zero-order chi connectivity index (χ0) is 6.95. The van der Waals surface area contributed by atoms with Crippen LogP contribution in [0.25, 0.3) is 0 Å². The van der Waals surface area contributed by atoms with Gasteiger partial charge >= 0.3 is 0 Å². The zero-order valence-electron chi connectivity index (χ0n) is 6.65. The van der Waals surface area contributed by atoms with E-state index in [1.54, 1.807) is 14.2 Å². The molecule has 1 aliphatic rings. The molecule has 0 amide bonds. The lowest BCUT2D eigenvalue weighted by Gasteiger charge is -2.05. The van der Waals surface area contributed by atoms with Gasteiger partial charge in [0.15, 0.2) is 0 Å². The van der Waals surface area contributed by atoms with E-state index in [1.165, 1.54) is 38.5 Å². The van der Waals surface area contributed by atoms with E-state index in [2.05, 4.69) is 4.74 Å². The highest BCUT2D eigenvalue weighted by molar-refractivity contribution is 4.51. The predicted molar refractivity (Wildman–Crippen MR) is 40.6 cm³/mol. The van der Waals surface area contributed by atoms with Gasteiger partial charge in [-0.25, -0.2) is 0 Å². The van der Waals surface area contributed by atoms with E-state index in [4.69, 9.17) is 0 Å². The lowest BCUT2D eigenvalue weighted by molar-refractivity contribution is 0.277. The molecule has 9 heavy (non-hydrogen) atoms. The molecule has 0 atom stereocenters. The van der Waals surface area contributed by atoms with Gasteiger partial charge in [-0.3, -0.25) is 0 Å². The van der Waals surface area contributed by atoms with E-state index in [9.17, 15) is 0 Å². The smallest absolute Gasteiger partial charge is 0.0351 e. The van der Waals surface area contributed by atoms with Crippen LogP contribution in [-0.4, -0.2) is 14.2 Å². The Balaban J connectivity index is 0.000000187. The van der Waals surface area contributed by atoms with Crippen LogP contribution in [-0.2, 0) is 4.74 Å². The molecule has 56 valence electrons. The number of rotatable bonds is 0. The Labute approximate surface area is 58.4 Å². The lowest BCUT2D eigenvalue weighted by Crippen LogP contribution is -1.85. The van der Waals surface area contributed by atoms with E-state index < -0.39 is 0 Å². The zero-order valence-corrected chi connectivity index (χ0v) is 6.65. The summed E-state index contributed by atoms with van der Waals surface area (Å²) in [6, 6.07) is 0. The molecule has 0 spiro atoms. The van der Waals surface area contributed by atoms with Crippen molar-refractivity contribution in [2.45, 2.75) is 38.5 Å². The van der Waals surface area contributed by atoms with Gasteiger partial charge in [0.1, 0.15) is 0 Å². The summed E-state index contributed by atoms with van der Waals surface area (Å²) in [7, 11) is 3.25. The Morgan fingerprint density at radius 2 is 0.778 bits per heavy atom. The fourth-order valence-corrected chi connectivity index (χ4v) is 1.06. The third kappa shape index (κ3) is 7.96. The Bertz CT molecular complexity index is 28.3. The Morgan fingerprint density at radius 3 is 0.889 bits per heavy atom. The number of hydrogen-bond acceptors (Lipinski definition) is 1. The van der Waals surface area contributed by atoms with Crippen LogP contribution in [0.15, 0.2) is 0 Å². The van der Waals surface area contributed by atoms with Gasteiger partial charge in [-0.05, 0) is 0 Å². The topological polar surface area (TPSA) is 9.23 Å². The number of hydrogen-bond donors (Lipinski definition) is 0. The van der Waals surface area contributed by atoms with E-state index >= 15 is 0 Å². The van der Waals surface area contributed by atoms with Crippen LogP contribution in [0.1, 0.15) is 38.5 Å². The molecule has 0 radical (unpaired) electrons. The van der Waals surface area contributed by atoms with Crippen LogP contribution >= 0.6 is 0 Å². The first-order chi connectivity index (χ1) is 4.41. The lowest BCUT2D eigenvalue weighted by atomic mass is 10.0. The van der Waals surface area contributed by atoms with Crippen molar-refractivity contribution in [2.75, 3.05) is 14.2 Å². The summed E-state index contributed by atoms with van der Waals surface area (Å²) < 4.78 is 4.25. The highest BCUT2D eigenvalue weighted by atomic mass is 16.4. The van der Waals surface area contributed by atoms with Crippen molar-refractivity contribution in [1.29, 1.82) is 0 Å². The molecule has 1 nitrogen and oxygen atoms in total. The highest BCUT2D eigenvalue weighted by Crippen LogP contribution is 2.15. The quantitative estimate of drug-likeness (QED) is 0.489. The fourth-order valence-electron chi connectivity index (χ4n) is 1.06. The van der Waals surface area contributed by atoms with Gasteiger partial charge in [0.05, 0.1) is 0 Å². The van der Waals surface area contributed by atoms with E-state index in [1.807, 2.05) is 0 Å². The van der Waals surface area contributed by atoms with Crippen molar-refractivity contribution in [3.05, 3.63) is 0 Å². The molecule has 0 heterocycles. The Kier molecular flexibility index (Phi) is 7.92. The van der Waals surface area contributed by atoms with Crippen LogP contribution in [0.4, 0.5) is 0 Å². The Hall–Kier alpha value is -0.0400. The van der Waals surface area contributed by atoms with Crippen molar-refractivity contribution in [2.24, 2.45) is 0 Å². The van der Waals surface area contributed by atoms with Gasteiger partial charge < -0.3 is 4.74 Å². The summed E-state index contributed by atoms with van der Waals surface area (Å²) in [4.78, 5) is 0. The van der Waals surface area contributed by atoms with Gasteiger partial charge in [-0.15, -0.1) is 0 Å². The van der Waals surface area contributed by atoms with Gasteiger partial charge in [0, 0.05) is 14.2 Å². The molecule has 1 rings (SSSR count). The maximum Gasteiger partial charge on any atom is 0.0351 e. The second-order valence-corrected chi connectivity index (χ2v) is 2.53. The monoisotopic (exact) mass is 130 g/mol. The Morgan fingerprint density at radius 1 is 0.667 bits per heavy atom. The number of methoxy groups -OCH3 is 1. The van der Waals surface area contributed by atoms with E-state index in [0.29, 0.717) is 0 Å². The second kappa shape index (κ2) is 7.96. The number of ether oxygens (including phenoxy) is 1. The summed E-state index contributed by atoms with van der Waals surface area (Å²) in [6.45, 7) is 0. The maximum absolute atomic E-state index is 4.25. The van der Waals surface area contributed by atoms with Crippen molar-refractivity contribution >= 4 is 0 Å². The molecular weight excluding hydrogens is 112 g/mol. The van der Waals surface area contributed by atoms with Crippen molar-refractivity contribution in [3.63, 3.8) is 0 Å². The van der Waals surface area contributed by atoms with Crippen molar-refractivity contribution in [3.8, 4) is 0 Å². The first-order valence-electron chi connectivity index (χ1n) is 3.82. The van der Waals surface area contributed by atoms with Gasteiger partial charge in [0.2, 0.25) is 0 Å². The van der Waals surface area contributed by atoms with Crippen molar-refractivity contribution in [1.82, 2.24) is 0 Å².